The molecule has 2 rings (SSSR count). The van der Waals surface area contributed by atoms with Crippen LogP contribution in [0.15, 0.2) is 22.8 Å². The number of nitrogens with one attached hydrogen (secondary N) is 1. The number of hydrogen-bond acceptors (Lipinski definition) is 3. The van der Waals surface area contributed by atoms with E-state index in [1.54, 1.807) is 0 Å². The molecule has 2 heterocycles. The van der Waals surface area contributed by atoms with Crippen LogP contribution in [0.2, 0.25) is 0 Å². The molecule has 1 aromatic heterocycles. The van der Waals surface area contributed by atoms with Crippen LogP contribution in [0.1, 0.15) is 11.7 Å². The first-order chi connectivity index (χ1) is 7.81. The number of rotatable bonds is 3. The van der Waals surface area contributed by atoms with Crippen molar-refractivity contribution in [2.75, 3.05) is 32.9 Å². The van der Waals surface area contributed by atoms with Crippen LogP contribution >= 0.6 is 40.7 Å². The Hall–Kier alpha value is 0.0600. The van der Waals surface area contributed by atoms with E-state index in [0.29, 0.717) is 0 Å². The van der Waals surface area contributed by atoms with Crippen LogP contribution in [0.5, 0.6) is 0 Å². The predicted molar refractivity (Wildman–Crippen MR) is 79.6 cm³/mol. The highest BCUT2D eigenvalue weighted by Crippen LogP contribution is 2.21. The number of piperazine rings is 1. The Morgan fingerprint density at radius 3 is 2.56 bits per heavy atom. The van der Waals surface area contributed by atoms with Gasteiger partial charge in [0.05, 0.1) is 11.7 Å². The Balaban J connectivity index is 0.00000144. The lowest BCUT2D eigenvalue weighted by molar-refractivity contribution is 0.144. The molecule has 1 N–H and O–H groups in total. The zero-order chi connectivity index (χ0) is 11.4. The fraction of sp³-hybridized carbons (Fsp3) is 0.545. The van der Waals surface area contributed by atoms with Gasteiger partial charge >= 0.3 is 0 Å². The molecule has 0 aliphatic carbocycles. The molecule has 0 unspecified atom stereocenters. The first-order valence-electron chi connectivity index (χ1n) is 5.44. The molecule has 0 spiro atoms. The van der Waals surface area contributed by atoms with Crippen molar-refractivity contribution in [1.29, 1.82) is 0 Å². The van der Waals surface area contributed by atoms with Crippen molar-refractivity contribution in [3.8, 4) is 0 Å². The Morgan fingerprint density at radius 1 is 1.33 bits per heavy atom. The minimum absolute atomic E-state index is 0. The summed E-state index contributed by atoms with van der Waals surface area (Å²) in [5, 5.41) is 3.26. The maximum atomic E-state index is 13.1. The van der Waals surface area contributed by atoms with E-state index in [-0.39, 0.29) is 37.5 Å². The van der Waals surface area contributed by atoms with Gasteiger partial charge in [-0.2, -0.15) is 0 Å². The first-order valence-corrected chi connectivity index (χ1v) is 6.24. The highest BCUT2D eigenvalue weighted by molar-refractivity contribution is 9.10. The molecule has 0 saturated carbocycles. The lowest BCUT2D eigenvalue weighted by Gasteiger charge is -2.33. The summed E-state index contributed by atoms with van der Waals surface area (Å²) in [6.45, 7) is 3.21. The molecule has 18 heavy (non-hydrogen) atoms. The third-order valence-corrected chi connectivity index (χ3v) is 3.26. The minimum atomic E-state index is -0.385. The van der Waals surface area contributed by atoms with Crippen molar-refractivity contribution in [1.82, 2.24) is 15.2 Å². The molecule has 1 atom stereocenters. The number of aromatic nitrogens is 1. The zero-order valence-electron chi connectivity index (χ0n) is 9.81. The molecule has 1 fully saturated rings. The second-order valence-electron chi connectivity index (χ2n) is 3.84. The average molecular weight is 361 g/mol. The first kappa shape index (κ1) is 18.1. The summed E-state index contributed by atoms with van der Waals surface area (Å²) < 4.78 is 13.9. The van der Waals surface area contributed by atoms with Crippen LogP contribution in [-0.2, 0) is 0 Å². The summed E-state index contributed by atoms with van der Waals surface area (Å²) >= 11 is 3.32. The topological polar surface area (TPSA) is 28.2 Å². The van der Waals surface area contributed by atoms with Crippen LogP contribution in [0.25, 0.3) is 0 Å². The molecule has 0 bridgehead atoms. The number of halogens is 4. The molecule has 1 aliphatic heterocycles. The summed E-state index contributed by atoms with van der Waals surface area (Å²) in [5.74, 6) is 0. The van der Waals surface area contributed by atoms with Gasteiger partial charge in [-0.3, -0.25) is 4.90 Å². The lowest BCUT2D eigenvalue weighted by atomic mass is 10.1. The number of nitrogens with zero attached hydrogens (tertiary/aromatic N) is 2. The number of alkyl halides is 1. The minimum Gasteiger partial charge on any atom is -0.314 e. The molecule has 3 nitrogen and oxygen atoms in total. The predicted octanol–water partition coefficient (Wildman–Crippen LogP) is 2.60. The molecule has 7 heteroatoms. The Bertz CT molecular complexity index is 351. The van der Waals surface area contributed by atoms with Crippen molar-refractivity contribution in [2.24, 2.45) is 0 Å². The largest absolute Gasteiger partial charge is 0.314 e. The molecule has 1 aliphatic rings. The van der Waals surface area contributed by atoms with Gasteiger partial charge in [0.15, 0.2) is 0 Å². The highest BCUT2D eigenvalue weighted by Gasteiger charge is 2.23. The molecule has 1 saturated heterocycles. The molecule has 0 amide bonds. The summed E-state index contributed by atoms with van der Waals surface area (Å²) in [7, 11) is 0. The van der Waals surface area contributed by atoms with Gasteiger partial charge in [-0.05, 0) is 28.1 Å². The Morgan fingerprint density at radius 2 is 2.00 bits per heavy atom. The van der Waals surface area contributed by atoms with Crippen molar-refractivity contribution < 1.29 is 4.39 Å². The van der Waals surface area contributed by atoms with Crippen LogP contribution in [0, 0.1) is 0 Å². The molecule has 0 aromatic carbocycles. The quantitative estimate of drug-likeness (QED) is 0.840. The third-order valence-electron chi connectivity index (χ3n) is 2.82. The van der Waals surface area contributed by atoms with Crippen LogP contribution in [-0.4, -0.2) is 42.7 Å². The SMILES string of the molecule is Cl.Cl.FC[C@H](c1cccc(Br)n1)N1CCNCC1. The van der Waals surface area contributed by atoms with Crippen molar-refractivity contribution in [3.63, 3.8) is 0 Å². The number of pyridine rings is 1. The van der Waals surface area contributed by atoms with E-state index in [0.717, 1.165) is 36.5 Å². The normalized spacial score (nSPS) is 17.4. The van der Waals surface area contributed by atoms with Crippen molar-refractivity contribution in [2.45, 2.75) is 6.04 Å². The van der Waals surface area contributed by atoms with E-state index in [1.165, 1.54) is 0 Å². The number of hydrogen-bond donors (Lipinski definition) is 1. The van der Waals surface area contributed by atoms with Gasteiger partial charge in [0.2, 0.25) is 0 Å². The average Bonchev–Trinajstić information content (AvgIpc) is 2.31. The van der Waals surface area contributed by atoms with Gasteiger partial charge in [-0.15, -0.1) is 24.8 Å². The van der Waals surface area contributed by atoms with E-state index in [2.05, 4.69) is 31.1 Å². The fourth-order valence-electron chi connectivity index (χ4n) is 1.97. The molecular weight excluding hydrogens is 344 g/mol. The summed E-state index contributed by atoms with van der Waals surface area (Å²) in [5.41, 5.74) is 0.804. The van der Waals surface area contributed by atoms with E-state index in [4.69, 9.17) is 0 Å². The summed E-state index contributed by atoms with van der Waals surface area (Å²) in [4.78, 5) is 6.48. The van der Waals surface area contributed by atoms with Gasteiger partial charge in [0.25, 0.3) is 0 Å². The Kier molecular flexibility index (Phi) is 9.07. The standard InChI is InChI=1S/C11H15BrFN3.2ClH/c12-11-3-1-2-9(15-11)10(8-13)16-6-4-14-5-7-16;;/h1-3,10,14H,4-8H2;2*1H/t10-;;/m1../s1. The van der Waals surface area contributed by atoms with Gasteiger partial charge < -0.3 is 5.32 Å². The van der Waals surface area contributed by atoms with Gasteiger partial charge in [-0.1, -0.05) is 6.07 Å². The fourth-order valence-corrected chi connectivity index (χ4v) is 2.32. The zero-order valence-corrected chi connectivity index (χ0v) is 13.0. The van der Waals surface area contributed by atoms with Crippen LogP contribution < -0.4 is 5.32 Å². The second kappa shape index (κ2) is 9.04. The van der Waals surface area contributed by atoms with Gasteiger partial charge in [0, 0.05) is 26.2 Å². The van der Waals surface area contributed by atoms with E-state index >= 15 is 0 Å². The van der Waals surface area contributed by atoms with E-state index < -0.39 is 0 Å². The van der Waals surface area contributed by atoms with Crippen molar-refractivity contribution >= 4 is 40.7 Å². The summed E-state index contributed by atoms with van der Waals surface area (Å²) in [6, 6.07) is 5.44. The third kappa shape index (κ3) is 4.63. The van der Waals surface area contributed by atoms with Crippen molar-refractivity contribution in [3.05, 3.63) is 28.5 Å². The molecule has 1 aromatic rings. The van der Waals surface area contributed by atoms with Gasteiger partial charge in [-0.25, -0.2) is 9.37 Å². The van der Waals surface area contributed by atoms with Gasteiger partial charge in [0.1, 0.15) is 11.3 Å². The smallest absolute Gasteiger partial charge is 0.111 e. The Labute approximate surface area is 127 Å². The van der Waals surface area contributed by atoms with E-state index in [1.807, 2.05) is 18.2 Å². The maximum Gasteiger partial charge on any atom is 0.111 e. The van der Waals surface area contributed by atoms with Crippen LogP contribution in [0.3, 0.4) is 0 Å². The molecule has 104 valence electrons. The lowest BCUT2D eigenvalue weighted by Crippen LogP contribution is -2.45. The molecule has 0 radical (unpaired) electrons. The monoisotopic (exact) mass is 359 g/mol. The highest BCUT2D eigenvalue weighted by atomic mass is 79.9. The van der Waals surface area contributed by atoms with Crippen LogP contribution in [0.4, 0.5) is 4.39 Å². The van der Waals surface area contributed by atoms with E-state index in [9.17, 15) is 4.39 Å². The summed E-state index contributed by atoms with van der Waals surface area (Å²) in [6.07, 6.45) is 0. The molecular formula is C11H17BrCl2FN3. The maximum absolute atomic E-state index is 13.1. The second-order valence-corrected chi connectivity index (χ2v) is 4.65.